The molecule has 0 amide bonds. The molecule has 0 bridgehead atoms. The standard InChI is InChI=1S/C81H150O17P2/c1-5-9-13-17-21-25-29-33-37-41-45-49-53-57-61-65-78(83)91-71-76(97-80(85)67-63-59-55-51-47-43-39-35-31-27-23-19-15-11-7-3)73-95-99(87,88)93-69-75(82)70-94-100(89,90)96-74-77(98-81(86)68-64-60-56-52-48-44-40-36-32-28-24-20-16-12-8-4)72-92-79(84)66-62-58-54-50-46-42-38-34-30-26-22-18-14-10-6-2/h21,25-26,30,33,35,37,39,75-77,82H,5-20,22-24,27-29,31-32,34,36,38,40-74H2,1-4H3,(H,87,88)(H,89,90)/b25-21-,30-26-,37-33-,39-35-/t75-,76-,77-/m1/s1. The molecule has 17 nitrogen and oxygen atoms in total. The van der Waals surface area contributed by atoms with Crippen molar-refractivity contribution in [2.24, 2.45) is 0 Å². The Hall–Kier alpha value is -2.98. The van der Waals surface area contributed by atoms with Crippen molar-refractivity contribution in [1.82, 2.24) is 0 Å². The lowest BCUT2D eigenvalue weighted by molar-refractivity contribution is -0.161. The molecule has 0 aliphatic rings. The van der Waals surface area contributed by atoms with E-state index in [1.165, 1.54) is 161 Å². The molecule has 0 spiro atoms. The fourth-order valence-electron chi connectivity index (χ4n) is 11.5. The van der Waals surface area contributed by atoms with Gasteiger partial charge in [-0.2, -0.15) is 0 Å². The van der Waals surface area contributed by atoms with Crippen LogP contribution in [0.1, 0.15) is 387 Å². The molecule has 0 heterocycles. The molecule has 0 saturated carbocycles. The maximum atomic E-state index is 13.1. The van der Waals surface area contributed by atoms with Gasteiger partial charge in [-0.05, 0) is 109 Å². The summed E-state index contributed by atoms with van der Waals surface area (Å²) in [6.07, 6.45) is 72.2. The minimum absolute atomic E-state index is 0.0871. The first-order chi connectivity index (χ1) is 48.7. The summed E-state index contributed by atoms with van der Waals surface area (Å²) in [4.78, 5) is 73.0. The first kappa shape index (κ1) is 97.0. The van der Waals surface area contributed by atoms with Crippen LogP contribution >= 0.6 is 15.6 Å². The number of aliphatic hydroxyl groups excluding tert-OH is 1. The number of ether oxygens (including phenoxy) is 4. The largest absolute Gasteiger partial charge is 0.472 e. The van der Waals surface area contributed by atoms with Crippen molar-refractivity contribution in [3.05, 3.63) is 48.6 Å². The maximum absolute atomic E-state index is 13.1. The lowest BCUT2D eigenvalue weighted by Gasteiger charge is -2.21. The van der Waals surface area contributed by atoms with Crippen LogP contribution in [0.25, 0.3) is 0 Å². The maximum Gasteiger partial charge on any atom is 0.472 e. The van der Waals surface area contributed by atoms with Crippen molar-refractivity contribution in [1.29, 1.82) is 0 Å². The number of unbranched alkanes of at least 4 members (excludes halogenated alkanes) is 44. The molecule has 586 valence electrons. The SMILES string of the molecule is CCCCC/C=C\C/C=C\CCCCCCCC(=O)OC[C@H](COP(=O)(O)OC[C@@H](O)COP(=O)(O)OC[C@@H](COC(=O)CCCCCCCCC/C=C\CCCCCC)OC(=O)CCCCCCCCCCCCCCCCC)OC(=O)CCCCCCC/C=C\CCCCCCCC. The summed E-state index contributed by atoms with van der Waals surface area (Å²) in [5.41, 5.74) is 0. The summed E-state index contributed by atoms with van der Waals surface area (Å²) in [5.74, 6) is -2.16. The van der Waals surface area contributed by atoms with Gasteiger partial charge < -0.3 is 33.8 Å². The van der Waals surface area contributed by atoms with Crippen LogP contribution < -0.4 is 0 Å². The van der Waals surface area contributed by atoms with Crippen LogP contribution in [0.15, 0.2) is 48.6 Å². The smallest absolute Gasteiger partial charge is 0.462 e. The summed E-state index contributed by atoms with van der Waals surface area (Å²) in [6.45, 7) is 4.90. The molecule has 5 atom stereocenters. The van der Waals surface area contributed by atoms with Crippen LogP contribution in [0, 0.1) is 0 Å². The normalized spacial score (nSPS) is 14.1. The zero-order valence-corrected chi connectivity index (χ0v) is 65.9. The van der Waals surface area contributed by atoms with E-state index in [0.717, 1.165) is 148 Å². The van der Waals surface area contributed by atoms with E-state index in [4.69, 9.17) is 37.0 Å². The first-order valence-corrected chi connectivity index (χ1v) is 43.9. The third kappa shape index (κ3) is 73.3. The number of aliphatic hydroxyl groups is 1. The Morgan fingerprint density at radius 3 is 0.780 bits per heavy atom. The Balaban J connectivity index is 5.33. The Bertz CT molecular complexity index is 2080. The van der Waals surface area contributed by atoms with Gasteiger partial charge in [-0.3, -0.25) is 37.3 Å². The quantitative estimate of drug-likeness (QED) is 0.0169. The van der Waals surface area contributed by atoms with Gasteiger partial charge in [-0.1, -0.05) is 301 Å². The van der Waals surface area contributed by atoms with Gasteiger partial charge in [0, 0.05) is 25.7 Å². The Morgan fingerprint density at radius 2 is 0.490 bits per heavy atom. The first-order valence-electron chi connectivity index (χ1n) is 40.9. The lowest BCUT2D eigenvalue weighted by Crippen LogP contribution is -2.30. The number of phosphoric ester groups is 2. The summed E-state index contributed by atoms with van der Waals surface area (Å²) in [7, 11) is -9.94. The molecule has 0 fully saturated rings. The number of allylic oxidation sites excluding steroid dienone is 8. The molecule has 2 unspecified atom stereocenters. The van der Waals surface area contributed by atoms with Crippen molar-refractivity contribution in [3.8, 4) is 0 Å². The number of carbonyl (C=O) groups excluding carboxylic acids is 4. The van der Waals surface area contributed by atoms with E-state index in [2.05, 4.69) is 76.3 Å². The Labute approximate surface area is 610 Å². The molecule has 3 N–H and O–H groups in total. The molecule has 100 heavy (non-hydrogen) atoms. The molecule has 0 saturated heterocycles. The average Bonchev–Trinajstić information content (AvgIpc) is 1.01. The molecule has 0 aliphatic carbocycles. The van der Waals surface area contributed by atoms with Gasteiger partial charge >= 0.3 is 39.5 Å². The van der Waals surface area contributed by atoms with Crippen molar-refractivity contribution in [2.75, 3.05) is 39.6 Å². The Morgan fingerprint density at radius 1 is 0.280 bits per heavy atom. The molecule has 0 aromatic heterocycles. The third-order valence-corrected chi connectivity index (χ3v) is 19.7. The van der Waals surface area contributed by atoms with Gasteiger partial charge in [0.25, 0.3) is 0 Å². The van der Waals surface area contributed by atoms with Crippen LogP contribution in [-0.4, -0.2) is 96.7 Å². The van der Waals surface area contributed by atoms with E-state index in [9.17, 15) is 43.2 Å². The third-order valence-electron chi connectivity index (χ3n) is 17.8. The number of rotatable bonds is 78. The molecule has 19 heteroatoms. The van der Waals surface area contributed by atoms with Gasteiger partial charge in [0.05, 0.1) is 26.4 Å². The second-order valence-corrected chi connectivity index (χ2v) is 30.6. The van der Waals surface area contributed by atoms with Crippen molar-refractivity contribution in [3.63, 3.8) is 0 Å². The predicted octanol–water partition coefficient (Wildman–Crippen LogP) is 23.7. The van der Waals surface area contributed by atoms with Crippen molar-refractivity contribution in [2.45, 2.75) is 406 Å². The van der Waals surface area contributed by atoms with E-state index in [-0.39, 0.29) is 25.7 Å². The van der Waals surface area contributed by atoms with Gasteiger partial charge in [0.1, 0.15) is 19.3 Å². The van der Waals surface area contributed by atoms with E-state index in [0.29, 0.717) is 25.7 Å². The molecular weight excluding hydrogens is 1310 g/mol. The van der Waals surface area contributed by atoms with Crippen LogP contribution in [0.5, 0.6) is 0 Å². The highest BCUT2D eigenvalue weighted by molar-refractivity contribution is 7.47. The number of phosphoric acid groups is 2. The molecule has 0 aliphatic heterocycles. The van der Waals surface area contributed by atoms with Gasteiger partial charge in [0.2, 0.25) is 0 Å². The minimum Gasteiger partial charge on any atom is -0.462 e. The van der Waals surface area contributed by atoms with Gasteiger partial charge in [-0.25, -0.2) is 9.13 Å². The summed E-state index contributed by atoms with van der Waals surface area (Å²) in [5, 5.41) is 10.6. The van der Waals surface area contributed by atoms with Crippen molar-refractivity contribution >= 4 is 39.5 Å². The van der Waals surface area contributed by atoms with Crippen LogP contribution in [0.2, 0.25) is 0 Å². The fourth-order valence-corrected chi connectivity index (χ4v) is 13.1. The fraction of sp³-hybridized carbons (Fsp3) is 0.852. The Kier molecular flexibility index (Phi) is 72.1. The average molecular weight is 1460 g/mol. The zero-order valence-electron chi connectivity index (χ0n) is 64.1. The van der Waals surface area contributed by atoms with Gasteiger partial charge in [0.15, 0.2) is 12.2 Å². The topological polar surface area (TPSA) is 237 Å². The van der Waals surface area contributed by atoms with Crippen LogP contribution in [0.4, 0.5) is 0 Å². The summed E-state index contributed by atoms with van der Waals surface area (Å²) < 4.78 is 68.7. The number of carbonyl (C=O) groups is 4. The highest BCUT2D eigenvalue weighted by atomic mass is 31.2. The minimum atomic E-state index is -4.97. The van der Waals surface area contributed by atoms with E-state index in [1.807, 2.05) is 0 Å². The van der Waals surface area contributed by atoms with E-state index in [1.54, 1.807) is 0 Å². The van der Waals surface area contributed by atoms with Crippen LogP contribution in [-0.2, 0) is 65.4 Å². The second kappa shape index (κ2) is 74.3. The molecule has 0 rings (SSSR count). The molecule has 0 aromatic carbocycles. The highest BCUT2D eigenvalue weighted by Gasteiger charge is 2.30. The van der Waals surface area contributed by atoms with Gasteiger partial charge in [-0.15, -0.1) is 0 Å². The molecule has 0 radical (unpaired) electrons. The monoisotopic (exact) mass is 1460 g/mol. The predicted molar refractivity (Wildman–Crippen MR) is 409 cm³/mol. The summed E-state index contributed by atoms with van der Waals surface area (Å²) in [6, 6.07) is 0. The number of hydrogen-bond acceptors (Lipinski definition) is 15. The van der Waals surface area contributed by atoms with E-state index >= 15 is 0 Å². The highest BCUT2D eigenvalue weighted by Crippen LogP contribution is 2.45. The molecular formula is C81H150O17P2. The number of hydrogen-bond donors (Lipinski definition) is 3. The van der Waals surface area contributed by atoms with Crippen molar-refractivity contribution < 1.29 is 80.2 Å². The summed E-state index contributed by atoms with van der Waals surface area (Å²) >= 11 is 0. The molecule has 0 aromatic rings. The second-order valence-electron chi connectivity index (χ2n) is 27.7. The van der Waals surface area contributed by atoms with Crippen LogP contribution in [0.3, 0.4) is 0 Å². The zero-order chi connectivity index (χ0) is 73.2. The number of esters is 4. The van der Waals surface area contributed by atoms with E-state index < -0.39 is 97.5 Å². The lowest BCUT2D eigenvalue weighted by atomic mass is 10.0.